The van der Waals surface area contributed by atoms with Crippen LogP contribution in [-0.4, -0.2) is 38.1 Å². The third-order valence-electron chi connectivity index (χ3n) is 1.46. The van der Waals surface area contributed by atoms with Crippen molar-refractivity contribution < 1.29 is 40.6 Å². The molecule has 0 radical (unpaired) electrons. The van der Waals surface area contributed by atoms with Crippen molar-refractivity contribution in [3.8, 4) is 0 Å². The molecule has 0 amide bonds. The molecule has 0 saturated carbocycles. The molecule has 9 heteroatoms. The van der Waals surface area contributed by atoms with E-state index in [1.54, 1.807) is 0 Å². The van der Waals surface area contributed by atoms with Crippen molar-refractivity contribution in [2.24, 2.45) is 0 Å². The lowest BCUT2D eigenvalue weighted by Crippen LogP contribution is -2.58. The van der Waals surface area contributed by atoms with E-state index in [9.17, 15) is 31.1 Å². The van der Waals surface area contributed by atoms with E-state index in [0.29, 0.717) is 7.11 Å². The van der Waals surface area contributed by atoms with E-state index in [1.165, 1.54) is 0 Å². The molecule has 0 heterocycles. The first kappa shape index (κ1) is 14.0. The zero-order valence-electron chi connectivity index (χ0n) is 7.49. The van der Waals surface area contributed by atoms with E-state index < -0.39 is 23.9 Å². The van der Waals surface area contributed by atoms with Gasteiger partial charge in [-0.05, 0) is 0 Å². The van der Waals surface area contributed by atoms with Crippen LogP contribution in [0.25, 0.3) is 0 Å². The van der Waals surface area contributed by atoms with Gasteiger partial charge in [-0.2, -0.15) is 26.3 Å². The van der Waals surface area contributed by atoms with Gasteiger partial charge in [0, 0.05) is 7.11 Å². The minimum absolute atomic E-state index is 0.0985. The van der Waals surface area contributed by atoms with Gasteiger partial charge in [0.25, 0.3) is 0 Å². The van der Waals surface area contributed by atoms with Crippen molar-refractivity contribution in [3.63, 3.8) is 0 Å². The van der Waals surface area contributed by atoms with Crippen LogP contribution in [-0.2, 0) is 14.3 Å². The Kier molecular flexibility index (Phi) is 3.62. The lowest BCUT2D eigenvalue weighted by Gasteiger charge is -2.29. The van der Waals surface area contributed by atoms with Crippen LogP contribution in [0.15, 0.2) is 0 Å². The van der Waals surface area contributed by atoms with Crippen molar-refractivity contribution in [1.82, 2.24) is 0 Å². The Hall–Kier alpha value is -0.990. The van der Waals surface area contributed by atoms with Gasteiger partial charge in [0.05, 0.1) is 7.11 Å². The van der Waals surface area contributed by atoms with Gasteiger partial charge in [-0.25, -0.2) is 4.79 Å². The van der Waals surface area contributed by atoms with E-state index in [4.69, 9.17) is 0 Å². The Morgan fingerprint density at radius 3 is 1.67 bits per heavy atom. The molecule has 0 aromatic heterocycles. The average molecular weight is 240 g/mol. The largest absolute Gasteiger partial charge is 0.464 e. The molecule has 0 spiro atoms. The summed E-state index contributed by atoms with van der Waals surface area (Å²) in [5.41, 5.74) is 0. The molecule has 0 aliphatic carbocycles. The smallest absolute Gasteiger partial charge is 0.426 e. The second-order valence-corrected chi connectivity index (χ2v) is 2.36. The van der Waals surface area contributed by atoms with Crippen LogP contribution in [0.3, 0.4) is 0 Å². The molecule has 0 bridgehead atoms. The number of carbonyl (C=O) groups is 1. The predicted octanol–water partition coefficient (Wildman–Crippen LogP) is 1.67. The highest BCUT2D eigenvalue weighted by molar-refractivity contribution is 5.79. The number of halogens is 6. The van der Waals surface area contributed by atoms with Crippen LogP contribution in [0.2, 0.25) is 0 Å². The van der Waals surface area contributed by atoms with Crippen molar-refractivity contribution in [3.05, 3.63) is 0 Å². The third kappa shape index (κ3) is 2.01. The Bertz CT molecular complexity index is 251. The number of methoxy groups -OCH3 is 2. The maximum absolute atomic E-state index is 12.5. The van der Waals surface area contributed by atoms with E-state index in [-0.39, 0.29) is 7.11 Å². The first-order valence-corrected chi connectivity index (χ1v) is 3.31. The fraction of sp³-hybridized carbons (Fsp3) is 0.833. The number of hydrogen-bond donors (Lipinski definition) is 0. The first-order valence-electron chi connectivity index (χ1n) is 3.31. The molecular formula is C6H6F6O3. The van der Waals surface area contributed by atoms with Crippen molar-refractivity contribution >= 4 is 5.97 Å². The SMILES string of the molecule is COC(=O)C(F)(F)C(F)(F)C(F)(F)OC. The minimum atomic E-state index is -6.00. The summed E-state index contributed by atoms with van der Waals surface area (Å²) >= 11 is 0. The molecule has 0 aliphatic rings. The Morgan fingerprint density at radius 1 is 1.00 bits per heavy atom. The highest BCUT2D eigenvalue weighted by atomic mass is 19.3. The molecule has 0 saturated heterocycles. The fourth-order valence-electron chi connectivity index (χ4n) is 0.567. The van der Waals surface area contributed by atoms with Gasteiger partial charge in [-0.1, -0.05) is 0 Å². The van der Waals surface area contributed by atoms with Crippen molar-refractivity contribution in [1.29, 1.82) is 0 Å². The zero-order chi connectivity index (χ0) is 12.5. The second-order valence-electron chi connectivity index (χ2n) is 2.36. The lowest BCUT2D eigenvalue weighted by molar-refractivity contribution is -0.385. The summed E-state index contributed by atoms with van der Waals surface area (Å²) in [6.45, 7) is 0. The van der Waals surface area contributed by atoms with Gasteiger partial charge < -0.3 is 9.47 Å². The van der Waals surface area contributed by atoms with E-state index in [1.807, 2.05) is 0 Å². The van der Waals surface area contributed by atoms with Crippen LogP contribution >= 0.6 is 0 Å². The number of esters is 1. The molecule has 0 atom stereocenters. The Labute approximate surface area is 79.9 Å². The molecule has 3 nitrogen and oxygen atoms in total. The summed E-state index contributed by atoms with van der Waals surface area (Å²) in [6, 6.07) is 0. The average Bonchev–Trinajstić information content (AvgIpc) is 2.15. The first-order chi connectivity index (χ1) is 6.54. The quantitative estimate of drug-likeness (QED) is 0.553. The molecule has 15 heavy (non-hydrogen) atoms. The molecule has 0 aromatic carbocycles. The topological polar surface area (TPSA) is 35.5 Å². The van der Waals surface area contributed by atoms with E-state index in [2.05, 4.69) is 9.47 Å². The maximum Gasteiger partial charge on any atom is 0.426 e. The molecule has 0 aliphatic heterocycles. The Morgan fingerprint density at radius 2 is 1.40 bits per heavy atom. The highest BCUT2D eigenvalue weighted by Crippen LogP contribution is 2.46. The minimum Gasteiger partial charge on any atom is -0.464 e. The second kappa shape index (κ2) is 3.87. The van der Waals surface area contributed by atoms with Gasteiger partial charge >= 0.3 is 23.9 Å². The monoisotopic (exact) mass is 240 g/mol. The van der Waals surface area contributed by atoms with Crippen molar-refractivity contribution in [2.45, 2.75) is 18.0 Å². The van der Waals surface area contributed by atoms with Gasteiger partial charge in [0.1, 0.15) is 0 Å². The molecule has 0 N–H and O–H groups in total. The standard InChI is InChI=1S/C6H6F6O3/c1-14-3(13)4(7,8)5(9,10)6(11,12)15-2/h1-2H3. The van der Waals surface area contributed by atoms with Crippen LogP contribution < -0.4 is 0 Å². The fourth-order valence-corrected chi connectivity index (χ4v) is 0.567. The van der Waals surface area contributed by atoms with Crippen LogP contribution in [0.1, 0.15) is 0 Å². The molecular weight excluding hydrogens is 234 g/mol. The molecule has 0 unspecified atom stereocenters. The molecule has 0 fully saturated rings. The lowest BCUT2D eigenvalue weighted by atomic mass is 10.1. The number of hydrogen-bond acceptors (Lipinski definition) is 3. The molecule has 0 rings (SSSR count). The summed E-state index contributed by atoms with van der Waals surface area (Å²) in [5.74, 6) is -14.5. The summed E-state index contributed by atoms with van der Waals surface area (Å²) < 4.78 is 80.7. The number of ether oxygens (including phenoxy) is 2. The van der Waals surface area contributed by atoms with Gasteiger partial charge in [-0.3, -0.25) is 0 Å². The number of rotatable bonds is 4. The zero-order valence-corrected chi connectivity index (χ0v) is 7.49. The number of carbonyl (C=O) groups excluding carboxylic acids is 1. The van der Waals surface area contributed by atoms with Gasteiger partial charge in [0.15, 0.2) is 0 Å². The summed E-state index contributed by atoms with van der Waals surface area (Å²) in [7, 11) is 0.457. The van der Waals surface area contributed by atoms with E-state index >= 15 is 0 Å². The van der Waals surface area contributed by atoms with Gasteiger partial charge in [-0.15, -0.1) is 0 Å². The Balaban J connectivity index is 5.27. The molecule has 90 valence electrons. The van der Waals surface area contributed by atoms with Crippen LogP contribution in [0.5, 0.6) is 0 Å². The maximum atomic E-state index is 12.5. The molecule has 0 aromatic rings. The van der Waals surface area contributed by atoms with Gasteiger partial charge in [0.2, 0.25) is 0 Å². The van der Waals surface area contributed by atoms with Crippen LogP contribution in [0.4, 0.5) is 26.3 Å². The normalized spacial score (nSPS) is 13.9. The van der Waals surface area contributed by atoms with Crippen molar-refractivity contribution in [2.75, 3.05) is 14.2 Å². The summed E-state index contributed by atoms with van der Waals surface area (Å²) in [5, 5.41) is 0. The third-order valence-corrected chi connectivity index (χ3v) is 1.46. The highest BCUT2D eigenvalue weighted by Gasteiger charge is 2.76. The number of alkyl halides is 6. The summed E-state index contributed by atoms with van der Waals surface area (Å²) in [6.07, 6.45) is -5.48. The predicted molar refractivity (Wildman–Crippen MR) is 33.9 cm³/mol. The van der Waals surface area contributed by atoms with E-state index in [0.717, 1.165) is 0 Å². The van der Waals surface area contributed by atoms with Crippen LogP contribution in [0, 0.1) is 0 Å². The summed E-state index contributed by atoms with van der Waals surface area (Å²) in [4.78, 5) is 10.2.